The van der Waals surface area contributed by atoms with E-state index in [9.17, 15) is 14.0 Å². The van der Waals surface area contributed by atoms with Gasteiger partial charge in [0.05, 0.1) is 6.20 Å². The summed E-state index contributed by atoms with van der Waals surface area (Å²) in [5.41, 5.74) is 3.64. The molecule has 0 aliphatic heterocycles. The first-order valence-corrected chi connectivity index (χ1v) is 9.36. The molecule has 3 heterocycles. The summed E-state index contributed by atoms with van der Waals surface area (Å²) in [6.45, 7) is 2.64. The Morgan fingerprint density at radius 1 is 1.06 bits per heavy atom. The van der Waals surface area contributed by atoms with E-state index in [0.29, 0.717) is 22.3 Å². The maximum Gasteiger partial charge on any atom is 0.256 e. The number of anilines is 2. The number of alkyl halides is 1. The minimum Gasteiger partial charge on any atom is -0.307 e. The molecule has 1 aromatic carbocycles. The zero-order chi connectivity index (χ0) is 22.0. The number of amides is 2. The van der Waals surface area contributed by atoms with E-state index >= 15 is 0 Å². The summed E-state index contributed by atoms with van der Waals surface area (Å²) in [5, 5.41) is 9.57. The van der Waals surface area contributed by atoms with Gasteiger partial charge in [-0.25, -0.2) is 19.3 Å². The molecule has 4 rings (SSSR count). The molecule has 9 nitrogen and oxygen atoms in total. The van der Waals surface area contributed by atoms with Crippen LogP contribution in [0.15, 0.2) is 49.1 Å². The minimum absolute atomic E-state index is 0.245. The molecule has 2 amide bonds. The number of pyridine rings is 1. The molecule has 2 N–H and O–H groups in total. The highest BCUT2D eigenvalue weighted by atomic mass is 19.1. The van der Waals surface area contributed by atoms with E-state index in [0.717, 1.165) is 11.1 Å². The van der Waals surface area contributed by atoms with Gasteiger partial charge in [0.2, 0.25) is 11.9 Å². The second-order valence-electron chi connectivity index (χ2n) is 6.84. The van der Waals surface area contributed by atoms with Gasteiger partial charge in [-0.05, 0) is 47.9 Å². The van der Waals surface area contributed by atoms with Crippen LogP contribution in [0.4, 0.5) is 16.2 Å². The number of benzene rings is 1. The Labute approximate surface area is 176 Å². The quantitative estimate of drug-likeness (QED) is 0.514. The van der Waals surface area contributed by atoms with Crippen LogP contribution in [0.5, 0.6) is 0 Å². The first-order valence-electron chi connectivity index (χ1n) is 9.36. The standard InChI is InChI=1S/C21H18FN7O2/c1-12-3-4-15(20(31)28-18-7-14(9-22)5-6-23-18)8-16(12)17-10-26-29-19(17)24-11-25-21(29)27-13(2)30/h3-8,10-11H,9H2,1-2H3,(H,23,28,31)(H,24,25,27,30). The van der Waals surface area contributed by atoms with E-state index in [1.807, 2.05) is 13.0 Å². The summed E-state index contributed by atoms with van der Waals surface area (Å²) < 4.78 is 14.3. The fraction of sp³-hybridized carbons (Fsp3) is 0.143. The first-order chi connectivity index (χ1) is 15.0. The lowest BCUT2D eigenvalue weighted by Crippen LogP contribution is -2.13. The SMILES string of the molecule is CC(=O)Nc1ncnc2c(-c3cc(C(=O)Nc4cc(CF)ccn4)ccc3C)cnn12. The lowest BCUT2D eigenvalue weighted by atomic mass is 10.00. The molecule has 0 spiro atoms. The van der Waals surface area contributed by atoms with E-state index in [2.05, 4.69) is 30.7 Å². The predicted molar refractivity (Wildman–Crippen MR) is 112 cm³/mol. The van der Waals surface area contributed by atoms with Crippen molar-refractivity contribution in [2.45, 2.75) is 20.5 Å². The minimum atomic E-state index is -0.642. The van der Waals surface area contributed by atoms with Crippen LogP contribution < -0.4 is 10.6 Å². The van der Waals surface area contributed by atoms with Crippen LogP contribution >= 0.6 is 0 Å². The lowest BCUT2D eigenvalue weighted by Gasteiger charge is -2.09. The van der Waals surface area contributed by atoms with E-state index < -0.39 is 6.67 Å². The fourth-order valence-corrected chi connectivity index (χ4v) is 3.11. The molecular formula is C21H18FN7O2. The third-order valence-electron chi connectivity index (χ3n) is 4.60. The number of carbonyl (C=O) groups is 2. The van der Waals surface area contributed by atoms with Gasteiger partial charge in [0.15, 0.2) is 5.65 Å². The third kappa shape index (κ3) is 4.08. The number of hydrogen-bond acceptors (Lipinski definition) is 6. The van der Waals surface area contributed by atoms with Crippen LogP contribution in [0.2, 0.25) is 0 Å². The Balaban J connectivity index is 1.70. The number of fused-ring (bicyclic) bond motifs is 1. The highest BCUT2D eigenvalue weighted by Gasteiger charge is 2.16. The molecule has 10 heteroatoms. The number of hydrogen-bond donors (Lipinski definition) is 2. The van der Waals surface area contributed by atoms with Gasteiger partial charge in [-0.2, -0.15) is 9.61 Å². The Morgan fingerprint density at radius 2 is 1.90 bits per heavy atom. The van der Waals surface area contributed by atoms with Gasteiger partial charge >= 0.3 is 0 Å². The van der Waals surface area contributed by atoms with Crippen LogP contribution in [0.3, 0.4) is 0 Å². The Bertz CT molecular complexity index is 1300. The molecule has 0 atom stereocenters. The smallest absolute Gasteiger partial charge is 0.256 e. The van der Waals surface area contributed by atoms with Gasteiger partial charge in [-0.15, -0.1) is 0 Å². The van der Waals surface area contributed by atoms with Gasteiger partial charge in [0, 0.05) is 24.2 Å². The van der Waals surface area contributed by atoms with E-state index in [1.54, 1.807) is 24.4 Å². The molecule has 0 bridgehead atoms. The topological polar surface area (TPSA) is 114 Å². The number of aromatic nitrogens is 5. The fourth-order valence-electron chi connectivity index (χ4n) is 3.11. The Hall–Kier alpha value is -4.21. The Kier molecular flexibility index (Phi) is 5.35. The van der Waals surface area contributed by atoms with E-state index in [1.165, 1.54) is 30.0 Å². The molecule has 3 aromatic heterocycles. The van der Waals surface area contributed by atoms with Gasteiger partial charge in [-0.3, -0.25) is 14.9 Å². The van der Waals surface area contributed by atoms with E-state index in [4.69, 9.17) is 0 Å². The second kappa shape index (κ2) is 8.27. The molecule has 31 heavy (non-hydrogen) atoms. The zero-order valence-corrected chi connectivity index (χ0v) is 16.8. The molecule has 0 radical (unpaired) electrons. The van der Waals surface area contributed by atoms with Gasteiger partial charge in [0.25, 0.3) is 5.91 Å². The van der Waals surface area contributed by atoms with Crippen molar-refractivity contribution in [3.05, 3.63) is 65.7 Å². The highest BCUT2D eigenvalue weighted by molar-refractivity contribution is 6.05. The maximum atomic E-state index is 12.9. The van der Waals surface area contributed by atoms with Crippen molar-refractivity contribution < 1.29 is 14.0 Å². The molecule has 4 aromatic rings. The number of nitrogens with one attached hydrogen (secondary N) is 2. The molecule has 0 saturated carbocycles. The average molecular weight is 419 g/mol. The molecule has 0 aliphatic rings. The molecule has 0 unspecified atom stereocenters. The van der Waals surface area contributed by atoms with Crippen LogP contribution in [0.1, 0.15) is 28.4 Å². The summed E-state index contributed by atoms with van der Waals surface area (Å²) in [6, 6.07) is 8.26. The van der Waals surface area contributed by atoms with Crippen molar-refractivity contribution in [1.29, 1.82) is 0 Å². The zero-order valence-electron chi connectivity index (χ0n) is 16.8. The summed E-state index contributed by atoms with van der Waals surface area (Å²) in [5.74, 6) is -0.146. The maximum absolute atomic E-state index is 12.9. The van der Waals surface area contributed by atoms with E-state index in [-0.39, 0.29) is 23.6 Å². The van der Waals surface area contributed by atoms with Crippen molar-refractivity contribution in [2.24, 2.45) is 0 Å². The van der Waals surface area contributed by atoms with Gasteiger partial charge in [-0.1, -0.05) is 6.07 Å². The second-order valence-corrected chi connectivity index (χ2v) is 6.84. The molecule has 0 fully saturated rings. The Morgan fingerprint density at radius 3 is 2.68 bits per heavy atom. The summed E-state index contributed by atoms with van der Waals surface area (Å²) in [4.78, 5) is 36.5. The predicted octanol–water partition coefficient (Wildman–Crippen LogP) is 3.17. The van der Waals surface area contributed by atoms with Crippen molar-refractivity contribution in [2.75, 3.05) is 10.6 Å². The van der Waals surface area contributed by atoms with Crippen molar-refractivity contribution in [3.63, 3.8) is 0 Å². The first kappa shape index (κ1) is 20.1. The van der Waals surface area contributed by atoms with Gasteiger partial charge in [0.1, 0.15) is 18.8 Å². The van der Waals surface area contributed by atoms with Crippen molar-refractivity contribution in [3.8, 4) is 11.1 Å². The van der Waals surface area contributed by atoms with Crippen molar-refractivity contribution >= 4 is 29.2 Å². The number of carbonyl (C=O) groups excluding carboxylic acids is 2. The largest absolute Gasteiger partial charge is 0.307 e. The number of rotatable bonds is 5. The summed E-state index contributed by atoms with van der Waals surface area (Å²) in [7, 11) is 0. The monoisotopic (exact) mass is 419 g/mol. The van der Waals surface area contributed by atoms with Crippen LogP contribution in [0, 0.1) is 6.92 Å². The number of nitrogens with zero attached hydrogens (tertiary/aromatic N) is 5. The molecule has 0 saturated heterocycles. The third-order valence-corrected chi connectivity index (χ3v) is 4.60. The number of aryl methyl sites for hydroxylation is 1. The van der Waals surface area contributed by atoms with Crippen molar-refractivity contribution in [1.82, 2.24) is 24.6 Å². The molecule has 0 aliphatic carbocycles. The molecule has 156 valence electrons. The van der Waals surface area contributed by atoms with Crippen LogP contribution in [0.25, 0.3) is 16.8 Å². The molecular weight excluding hydrogens is 401 g/mol. The lowest BCUT2D eigenvalue weighted by molar-refractivity contribution is -0.114. The summed E-state index contributed by atoms with van der Waals surface area (Å²) in [6.07, 6.45) is 4.38. The van der Waals surface area contributed by atoms with Crippen LogP contribution in [-0.4, -0.2) is 36.4 Å². The highest BCUT2D eigenvalue weighted by Crippen LogP contribution is 2.28. The number of halogens is 1. The summed E-state index contributed by atoms with van der Waals surface area (Å²) >= 11 is 0. The van der Waals surface area contributed by atoms with Gasteiger partial charge < -0.3 is 5.32 Å². The normalized spacial score (nSPS) is 10.8. The average Bonchev–Trinajstić information content (AvgIpc) is 3.19. The van der Waals surface area contributed by atoms with Crippen LogP contribution in [-0.2, 0) is 11.5 Å².